The van der Waals surface area contributed by atoms with E-state index in [0.29, 0.717) is 6.04 Å². The Balaban J connectivity index is 1.86. The maximum atomic E-state index is 6.53. The summed E-state index contributed by atoms with van der Waals surface area (Å²) in [5.41, 5.74) is 6.53. The molecule has 0 saturated heterocycles. The van der Waals surface area contributed by atoms with Crippen LogP contribution in [0.25, 0.3) is 0 Å². The average molecular weight is 223 g/mol. The van der Waals surface area contributed by atoms with Gasteiger partial charge in [0.05, 0.1) is 0 Å². The fraction of sp³-hybridized carbons (Fsp3) is 1.00. The van der Waals surface area contributed by atoms with Crippen molar-refractivity contribution in [2.75, 3.05) is 0 Å². The van der Waals surface area contributed by atoms with Crippen molar-refractivity contribution in [1.29, 1.82) is 0 Å². The van der Waals surface area contributed by atoms with Gasteiger partial charge < -0.3 is 5.73 Å². The van der Waals surface area contributed by atoms with Crippen LogP contribution in [-0.4, -0.2) is 6.04 Å². The van der Waals surface area contributed by atoms with Gasteiger partial charge in [0.1, 0.15) is 0 Å². The highest BCUT2D eigenvalue weighted by Gasteiger charge is 2.33. The van der Waals surface area contributed by atoms with Gasteiger partial charge in [0.2, 0.25) is 0 Å². The van der Waals surface area contributed by atoms with Gasteiger partial charge in [-0.05, 0) is 49.4 Å². The first-order valence-electron chi connectivity index (χ1n) is 7.46. The quantitative estimate of drug-likeness (QED) is 0.770. The number of nitrogens with two attached hydrogens (primary N) is 1. The van der Waals surface area contributed by atoms with E-state index in [1.165, 1.54) is 51.4 Å². The van der Waals surface area contributed by atoms with Crippen molar-refractivity contribution in [2.24, 2.45) is 29.4 Å². The Kier molecular flexibility index (Phi) is 4.29. The standard InChI is InChI=1S/C15H29N/c1-3-12-5-4-6-13(10-12)15(16)14-8-7-11(2)9-14/h11-15H,3-10,16H2,1-2H3. The molecule has 2 fully saturated rings. The maximum absolute atomic E-state index is 6.53. The molecule has 94 valence electrons. The van der Waals surface area contributed by atoms with Gasteiger partial charge in [0.25, 0.3) is 0 Å². The third-order valence-electron chi connectivity index (χ3n) is 5.22. The molecular formula is C15H29N. The first-order valence-corrected chi connectivity index (χ1v) is 7.46. The second-order valence-electron chi connectivity index (χ2n) is 6.46. The van der Waals surface area contributed by atoms with E-state index >= 15 is 0 Å². The Morgan fingerprint density at radius 3 is 2.44 bits per heavy atom. The van der Waals surface area contributed by atoms with Gasteiger partial charge in [-0.2, -0.15) is 0 Å². The molecule has 0 heterocycles. The lowest BCUT2D eigenvalue weighted by atomic mass is 9.73. The van der Waals surface area contributed by atoms with Gasteiger partial charge in [-0.1, -0.05) is 39.5 Å². The molecule has 2 N–H and O–H groups in total. The van der Waals surface area contributed by atoms with Crippen molar-refractivity contribution >= 4 is 0 Å². The summed E-state index contributed by atoms with van der Waals surface area (Å²) in [6, 6.07) is 0.513. The predicted molar refractivity (Wildman–Crippen MR) is 70.2 cm³/mol. The fourth-order valence-electron chi connectivity index (χ4n) is 4.04. The molecule has 2 rings (SSSR count). The highest BCUT2D eigenvalue weighted by atomic mass is 14.7. The lowest BCUT2D eigenvalue weighted by molar-refractivity contribution is 0.193. The summed E-state index contributed by atoms with van der Waals surface area (Å²) in [5, 5.41) is 0. The average Bonchev–Trinajstić information content (AvgIpc) is 2.75. The number of rotatable bonds is 3. The van der Waals surface area contributed by atoms with Crippen LogP contribution in [0.15, 0.2) is 0 Å². The van der Waals surface area contributed by atoms with Crippen molar-refractivity contribution in [1.82, 2.24) is 0 Å². The van der Waals surface area contributed by atoms with Crippen molar-refractivity contribution in [3.05, 3.63) is 0 Å². The molecule has 5 atom stereocenters. The molecule has 0 amide bonds. The smallest absolute Gasteiger partial charge is 0.00958 e. The third-order valence-corrected chi connectivity index (χ3v) is 5.22. The van der Waals surface area contributed by atoms with Crippen LogP contribution < -0.4 is 5.73 Å². The van der Waals surface area contributed by atoms with E-state index in [1.54, 1.807) is 0 Å². The van der Waals surface area contributed by atoms with Crippen LogP contribution in [0.1, 0.15) is 65.2 Å². The minimum absolute atomic E-state index is 0.513. The summed E-state index contributed by atoms with van der Waals surface area (Å²) in [4.78, 5) is 0. The first-order chi connectivity index (χ1) is 7.70. The van der Waals surface area contributed by atoms with E-state index in [1.807, 2.05) is 0 Å². The van der Waals surface area contributed by atoms with Crippen LogP contribution in [0.3, 0.4) is 0 Å². The van der Waals surface area contributed by atoms with E-state index in [2.05, 4.69) is 13.8 Å². The molecule has 0 radical (unpaired) electrons. The normalized spacial score (nSPS) is 42.2. The number of hydrogen-bond donors (Lipinski definition) is 1. The molecule has 2 saturated carbocycles. The zero-order chi connectivity index (χ0) is 11.5. The van der Waals surface area contributed by atoms with Gasteiger partial charge >= 0.3 is 0 Å². The first kappa shape index (κ1) is 12.4. The second kappa shape index (κ2) is 5.53. The van der Waals surface area contributed by atoms with Gasteiger partial charge in [0, 0.05) is 6.04 Å². The Morgan fingerprint density at radius 1 is 1.06 bits per heavy atom. The maximum Gasteiger partial charge on any atom is 0.00958 e. The van der Waals surface area contributed by atoms with Crippen molar-refractivity contribution in [3.8, 4) is 0 Å². The zero-order valence-electron chi connectivity index (χ0n) is 11.1. The monoisotopic (exact) mass is 223 g/mol. The van der Waals surface area contributed by atoms with Gasteiger partial charge in [0.15, 0.2) is 0 Å². The van der Waals surface area contributed by atoms with Crippen LogP contribution in [-0.2, 0) is 0 Å². The van der Waals surface area contributed by atoms with Crippen LogP contribution >= 0.6 is 0 Å². The van der Waals surface area contributed by atoms with Gasteiger partial charge in [-0.3, -0.25) is 0 Å². The molecule has 16 heavy (non-hydrogen) atoms. The van der Waals surface area contributed by atoms with E-state index in [0.717, 1.165) is 23.7 Å². The lowest BCUT2D eigenvalue weighted by Crippen LogP contribution is -2.39. The molecule has 1 nitrogen and oxygen atoms in total. The SMILES string of the molecule is CCC1CCCC(C(N)C2CCC(C)C2)C1. The van der Waals surface area contributed by atoms with E-state index in [9.17, 15) is 0 Å². The Hall–Kier alpha value is -0.0400. The summed E-state index contributed by atoms with van der Waals surface area (Å²) < 4.78 is 0. The van der Waals surface area contributed by atoms with Gasteiger partial charge in [-0.15, -0.1) is 0 Å². The Morgan fingerprint density at radius 2 is 1.81 bits per heavy atom. The van der Waals surface area contributed by atoms with Crippen LogP contribution in [0.4, 0.5) is 0 Å². The number of hydrogen-bond acceptors (Lipinski definition) is 1. The highest BCUT2D eigenvalue weighted by molar-refractivity contribution is 4.88. The lowest BCUT2D eigenvalue weighted by Gasteiger charge is -2.35. The molecule has 0 aromatic heterocycles. The van der Waals surface area contributed by atoms with E-state index < -0.39 is 0 Å². The third kappa shape index (κ3) is 2.80. The summed E-state index contributed by atoms with van der Waals surface area (Å²) in [6.45, 7) is 4.73. The molecule has 5 unspecified atom stereocenters. The summed E-state index contributed by atoms with van der Waals surface area (Å²) >= 11 is 0. The molecule has 0 spiro atoms. The zero-order valence-corrected chi connectivity index (χ0v) is 11.1. The van der Waals surface area contributed by atoms with E-state index in [-0.39, 0.29) is 0 Å². The molecule has 0 bridgehead atoms. The van der Waals surface area contributed by atoms with Crippen molar-refractivity contribution in [2.45, 2.75) is 71.3 Å². The molecule has 2 aliphatic rings. The second-order valence-corrected chi connectivity index (χ2v) is 6.46. The molecule has 0 aromatic carbocycles. The van der Waals surface area contributed by atoms with Crippen LogP contribution in [0, 0.1) is 23.7 Å². The van der Waals surface area contributed by atoms with E-state index in [4.69, 9.17) is 5.73 Å². The Bertz CT molecular complexity index is 213. The molecule has 0 aromatic rings. The highest BCUT2D eigenvalue weighted by Crippen LogP contribution is 2.39. The Labute approximate surface area is 101 Å². The molecule has 0 aliphatic heterocycles. The summed E-state index contributed by atoms with van der Waals surface area (Å²) in [6.07, 6.45) is 11.3. The van der Waals surface area contributed by atoms with Crippen LogP contribution in [0.2, 0.25) is 0 Å². The fourth-order valence-corrected chi connectivity index (χ4v) is 4.04. The van der Waals surface area contributed by atoms with Gasteiger partial charge in [-0.25, -0.2) is 0 Å². The topological polar surface area (TPSA) is 26.0 Å². The minimum Gasteiger partial charge on any atom is -0.327 e. The molecular weight excluding hydrogens is 194 g/mol. The molecule has 2 aliphatic carbocycles. The van der Waals surface area contributed by atoms with Crippen molar-refractivity contribution in [3.63, 3.8) is 0 Å². The largest absolute Gasteiger partial charge is 0.327 e. The van der Waals surface area contributed by atoms with Crippen LogP contribution in [0.5, 0.6) is 0 Å². The summed E-state index contributed by atoms with van der Waals surface area (Å²) in [7, 11) is 0. The predicted octanol–water partition coefficient (Wildman–Crippen LogP) is 3.97. The minimum atomic E-state index is 0.513. The van der Waals surface area contributed by atoms with Crippen molar-refractivity contribution < 1.29 is 0 Å². The molecule has 1 heteroatoms. The summed E-state index contributed by atoms with van der Waals surface area (Å²) in [5.74, 6) is 3.59.